The fraction of sp³-hybridized carbons (Fsp3) is 0.889. The summed E-state index contributed by atoms with van der Waals surface area (Å²) in [5, 5.41) is 8.77. The van der Waals surface area contributed by atoms with E-state index in [4.69, 9.17) is 9.84 Å². The molecule has 0 aromatic heterocycles. The van der Waals surface area contributed by atoms with Crippen molar-refractivity contribution in [3.63, 3.8) is 0 Å². The standard InChI is InChI=1S/C9H17INO3/c1-10-6-9(13)11-3-5-14-8(7-11)2-4-12/h8,12H,2-7H2,1H3/q-1. The van der Waals surface area contributed by atoms with E-state index in [9.17, 15) is 4.79 Å². The van der Waals surface area contributed by atoms with Gasteiger partial charge < -0.3 is 0 Å². The van der Waals surface area contributed by atoms with Crippen LogP contribution < -0.4 is 21.2 Å². The van der Waals surface area contributed by atoms with Gasteiger partial charge in [-0.25, -0.2) is 0 Å². The molecule has 1 unspecified atom stereocenters. The quantitative estimate of drug-likeness (QED) is 0.430. The molecule has 1 rings (SSSR count). The Bertz CT molecular complexity index is 187. The van der Waals surface area contributed by atoms with E-state index in [0.717, 1.165) is 4.43 Å². The number of rotatable bonds is 4. The predicted octanol–water partition coefficient (Wildman–Crippen LogP) is -3.68. The van der Waals surface area contributed by atoms with Gasteiger partial charge >= 0.3 is 94.8 Å². The van der Waals surface area contributed by atoms with Gasteiger partial charge in [0.2, 0.25) is 0 Å². The minimum atomic E-state index is 0.0350. The number of carbonyl (C=O) groups excluding carboxylic acids is 1. The van der Waals surface area contributed by atoms with Crippen LogP contribution >= 0.6 is 0 Å². The van der Waals surface area contributed by atoms with Crippen LogP contribution in [-0.4, -0.2) is 57.7 Å². The Hall–Kier alpha value is 0.120. The van der Waals surface area contributed by atoms with Crippen LogP contribution in [0.2, 0.25) is 0 Å². The van der Waals surface area contributed by atoms with Crippen molar-refractivity contribution in [2.24, 2.45) is 0 Å². The summed E-state index contributed by atoms with van der Waals surface area (Å²) in [6.45, 7) is 2.11. The Balaban J connectivity index is 2.35. The van der Waals surface area contributed by atoms with Crippen LogP contribution in [0.25, 0.3) is 0 Å². The maximum atomic E-state index is 11.6. The number of carbonyl (C=O) groups is 1. The SMILES string of the molecule is C[I-]CC(=O)N1CCOC(CCO)C1. The van der Waals surface area contributed by atoms with Crippen LogP contribution in [0.15, 0.2) is 0 Å². The molecule has 0 bridgehead atoms. The molecule has 4 nitrogen and oxygen atoms in total. The molecule has 1 N–H and O–H groups in total. The molecule has 14 heavy (non-hydrogen) atoms. The van der Waals surface area contributed by atoms with E-state index >= 15 is 0 Å². The van der Waals surface area contributed by atoms with Crippen molar-refractivity contribution in [1.29, 1.82) is 0 Å². The van der Waals surface area contributed by atoms with E-state index < -0.39 is 0 Å². The average molecular weight is 314 g/mol. The monoisotopic (exact) mass is 314 g/mol. The minimum absolute atomic E-state index is 0.0350. The second kappa shape index (κ2) is 6.58. The molecule has 0 spiro atoms. The third kappa shape index (κ3) is 3.70. The van der Waals surface area contributed by atoms with Crippen molar-refractivity contribution < 1.29 is 35.8 Å². The van der Waals surface area contributed by atoms with Gasteiger partial charge in [0.1, 0.15) is 0 Å². The zero-order chi connectivity index (χ0) is 10.4. The van der Waals surface area contributed by atoms with Crippen molar-refractivity contribution in [3.05, 3.63) is 0 Å². The first-order chi connectivity index (χ1) is 6.77. The van der Waals surface area contributed by atoms with Gasteiger partial charge in [-0.3, -0.25) is 0 Å². The van der Waals surface area contributed by atoms with Gasteiger partial charge in [0.15, 0.2) is 0 Å². The molecule has 0 aromatic carbocycles. The molecule has 0 aliphatic carbocycles. The van der Waals surface area contributed by atoms with E-state index in [0.29, 0.717) is 26.1 Å². The average Bonchev–Trinajstić information content (AvgIpc) is 2.19. The Labute approximate surface area is 94.9 Å². The molecular formula is C9H17INO3-. The summed E-state index contributed by atoms with van der Waals surface area (Å²) in [5.41, 5.74) is 0. The van der Waals surface area contributed by atoms with Crippen molar-refractivity contribution >= 4 is 5.91 Å². The zero-order valence-corrected chi connectivity index (χ0v) is 10.6. The summed E-state index contributed by atoms with van der Waals surface area (Å²) in [7, 11) is 0. The Morgan fingerprint density at radius 3 is 3.14 bits per heavy atom. The fourth-order valence-electron chi connectivity index (χ4n) is 1.46. The van der Waals surface area contributed by atoms with Gasteiger partial charge in [0.05, 0.1) is 0 Å². The summed E-state index contributed by atoms with van der Waals surface area (Å²) in [6, 6.07) is 0. The number of morpholine rings is 1. The molecule has 1 amide bonds. The molecule has 0 radical (unpaired) electrons. The van der Waals surface area contributed by atoms with E-state index in [1.165, 1.54) is 0 Å². The third-order valence-corrected chi connectivity index (χ3v) is 3.61. The molecular weight excluding hydrogens is 297 g/mol. The second-order valence-corrected chi connectivity index (χ2v) is 5.53. The number of hydrogen-bond donors (Lipinski definition) is 1. The van der Waals surface area contributed by atoms with Gasteiger partial charge in [-0.1, -0.05) is 0 Å². The first-order valence-electron chi connectivity index (χ1n) is 4.72. The van der Waals surface area contributed by atoms with Crippen molar-refractivity contribution in [1.82, 2.24) is 4.90 Å². The molecule has 1 aliphatic rings. The molecule has 1 heterocycles. The maximum absolute atomic E-state index is 11.6. The molecule has 1 aliphatic heterocycles. The van der Waals surface area contributed by atoms with Crippen molar-refractivity contribution in [3.8, 4) is 0 Å². The molecule has 84 valence electrons. The fourth-order valence-corrected chi connectivity index (χ4v) is 2.60. The summed E-state index contributed by atoms with van der Waals surface area (Å²) >= 11 is 0.0359. The van der Waals surface area contributed by atoms with Gasteiger partial charge in [0.25, 0.3) is 0 Å². The summed E-state index contributed by atoms with van der Waals surface area (Å²) in [4.78, 5) is 15.6. The van der Waals surface area contributed by atoms with Gasteiger partial charge in [0, 0.05) is 0 Å². The van der Waals surface area contributed by atoms with Crippen LogP contribution in [0.1, 0.15) is 6.42 Å². The number of amides is 1. The van der Waals surface area contributed by atoms with Crippen LogP contribution in [0.4, 0.5) is 0 Å². The molecule has 5 heteroatoms. The molecule has 0 aromatic rings. The zero-order valence-electron chi connectivity index (χ0n) is 8.41. The van der Waals surface area contributed by atoms with Crippen LogP contribution in [-0.2, 0) is 9.53 Å². The Morgan fingerprint density at radius 2 is 2.50 bits per heavy atom. The van der Waals surface area contributed by atoms with Crippen molar-refractivity contribution in [2.75, 3.05) is 35.7 Å². The Morgan fingerprint density at radius 1 is 1.71 bits per heavy atom. The molecule has 1 saturated heterocycles. The third-order valence-electron chi connectivity index (χ3n) is 2.19. The predicted molar refractivity (Wildman–Crippen MR) is 48.8 cm³/mol. The van der Waals surface area contributed by atoms with E-state index in [-0.39, 0.29) is 39.8 Å². The summed E-state index contributed by atoms with van der Waals surface area (Å²) in [6.07, 6.45) is 0.665. The number of aliphatic hydroxyl groups is 1. The normalized spacial score (nSPS) is 22.7. The van der Waals surface area contributed by atoms with Crippen LogP contribution in [0.5, 0.6) is 0 Å². The number of alkyl halides is 2. The van der Waals surface area contributed by atoms with Crippen LogP contribution in [0.3, 0.4) is 0 Å². The first-order valence-corrected chi connectivity index (χ1v) is 8.40. The van der Waals surface area contributed by atoms with Crippen LogP contribution in [0, 0.1) is 0 Å². The first kappa shape index (κ1) is 12.2. The number of ether oxygens (including phenoxy) is 1. The van der Waals surface area contributed by atoms with Crippen molar-refractivity contribution in [2.45, 2.75) is 12.5 Å². The second-order valence-electron chi connectivity index (χ2n) is 3.25. The van der Waals surface area contributed by atoms with E-state index in [1.807, 2.05) is 4.90 Å². The molecule has 1 fully saturated rings. The van der Waals surface area contributed by atoms with E-state index in [1.54, 1.807) is 0 Å². The van der Waals surface area contributed by atoms with E-state index in [2.05, 4.69) is 4.93 Å². The Kier molecular flexibility index (Phi) is 5.73. The van der Waals surface area contributed by atoms with Gasteiger partial charge in [-0.05, 0) is 0 Å². The molecule has 0 saturated carbocycles. The van der Waals surface area contributed by atoms with Gasteiger partial charge in [-0.15, -0.1) is 0 Å². The molecule has 1 atom stereocenters. The number of nitrogens with zero attached hydrogens (tertiary/aromatic N) is 1. The summed E-state index contributed by atoms with van der Waals surface area (Å²) < 4.78 is 6.16. The number of hydrogen-bond acceptors (Lipinski definition) is 3. The number of aliphatic hydroxyl groups excluding tert-OH is 1. The topological polar surface area (TPSA) is 49.8 Å². The number of halogens is 1. The summed E-state index contributed by atoms with van der Waals surface area (Å²) in [5.74, 6) is 0.256. The van der Waals surface area contributed by atoms with Gasteiger partial charge in [-0.2, -0.15) is 0 Å².